The highest BCUT2D eigenvalue weighted by atomic mass is 16.6. The molecular weight excluding hydrogens is 306 g/mol. The van der Waals surface area contributed by atoms with Crippen LogP contribution in [0, 0.1) is 17.0 Å². The number of hydrogen-bond acceptors (Lipinski definition) is 4. The SMILES string of the molecule is Cc1ccc(C(C)C)c2c1OC(=O)C(c1ccc([N+](=O)[O-])cc1)C2. The van der Waals surface area contributed by atoms with Crippen molar-refractivity contribution in [3.05, 3.63) is 68.8 Å². The van der Waals surface area contributed by atoms with Gasteiger partial charge in [0.25, 0.3) is 5.69 Å². The Morgan fingerprint density at radius 1 is 1.17 bits per heavy atom. The van der Waals surface area contributed by atoms with Crippen molar-refractivity contribution >= 4 is 11.7 Å². The Kier molecular flexibility index (Phi) is 4.09. The molecule has 0 aliphatic carbocycles. The summed E-state index contributed by atoms with van der Waals surface area (Å²) >= 11 is 0. The Labute approximate surface area is 140 Å². The van der Waals surface area contributed by atoms with E-state index in [9.17, 15) is 14.9 Å². The summed E-state index contributed by atoms with van der Waals surface area (Å²) in [7, 11) is 0. The zero-order valence-electron chi connectivity index (χ0n) is 13.9. The average molecular weight is 325 g/mol. The number of non-ortho nitro benzene ring substituents is 1. The van der Waals surface area contributed by atoms with E-state index in [0.29, 0.717) is 18.1 Å². The van der Waals surface area contributed by atoms with Gasteiger partial charge in [-0.3, -0.25) is 14.9 Å². The zero-order valence-corrected chi connectivity index (χ0v) is 13.9. The second kappa shape index (κ2) is 6.07. The number of nitro benzene ring substituents is 1. The van der Waals surface area contributed by atoms with Crippen LogP contribution in [0.2, 0.25) is 0 Å². The summed E-state index contributed by atoms with van der Waals surface area (Å²) in [5.41, 5.74) is 3.95. The lowest BCUT2D eigenvalue weighted by atomic mass is 9.84. The summed E-state index contributed by atoms with van der Waals surface area (Å²) in [6.07, 6.45) is 0.557. The van der Waals surface area contributed by atoms with Crippen LogP contribution in [0.3, 0.4) is 0 Å². The molecule has 0 spiro atoms. The molecule has 3 rings (SSSR count). The zero-order chi connectivity index (χ0) is 17.4. The molecule has 0 saturated carbocycles. The van der Waals surface area contributed by atoms with E-state index >= 15 is 0 Å². The van der Waals surface area contributed by atoms with Gasteiger partial charge in [-0.1, -0.05) is 38.1 Å². The molecule has 1 aliphatic rings. The summed E-state index contributed by atoms with van der Waals surface area (Å²) < 4.78 is 5.63. The van der Waals surface area contributed by atoms with Gasteiger partial charge in [-0.25, -0.2) is 0 Å². The number of rotatable bonds is 3. The fraction of sp³-hybridized carbons (Fsp3) is 0.316. The highest BCUT2D eigenvalue weighted by Gasteiger charge is 2.32. The fourth-order valence-corrected chi connectivity index (χ4v) is 3.20. The van der Waals surface area contributed by atoms with E-state index in [4.69, 9.17) is 4.74 Å². The van der Waals surface area contributed by atoms with Crippen LogP contribution in [0.5, 0.6) is 5.75 Å². The van der Waals surface area contributed by atoms with Gasteiger partial charge in [0, 0.05) is 12.1 Å². The maximum Gasteiger partial charge on any atom is 0.319 e. The Balaban J connectivity index is 2.01. The van der Waals surface area contributed by atoms with E-state index < -0.39 is 10.8 Å². The molecule has 0 saturated heterocycles. The van der Waals surface area contributed by atoms with Crippen LogP contribution in [0.15, 0.2) is 36.4 Å². The number of nitro groups is 1. The Bertz CT molecular complexity index is 809. The second-order valence-corrected chi connectivity index (χ2v) is 6.46. The van der Waals surface area contributed by atoms with Gasteiger partial charge in [0.1, 0.15) is 5.75 Å². The van der Waals surface area contributed by atoms with Crippen LogP contribution in [0.4, 0.5) is 5.69 Å². The molecule has 1 heterocycles. The molecular formula is C19H19NO4. The number of benzene rings is 2. The van der Waals surface area contributed by atoms with E-state index in [-0.39, 0.29) is 11.7 Å². The van der Waals surface area contributed by atoms with Gasteiger partial charge in [0.2, 0.25) is 0 Å². The first kappa shape index (κ1) is 16.2. The van der Waals surface area contributed by atoms with Crippen LogP contribution < -0.4 is 4.74 Å². The number of esters is 1. The minimum atomic E-state index is -0.446. The van der Waals surface area contributed by atoms with Crippen LogP contribution >= 0.6 is 0 Å². The first-order chi connectivity index (χ1) is 11.4. The molecule has 1 atom stereocenters. The average Bonchev–Trinajstić information content (AvgIpc) is 2.55. The summed E-state index contributed by atoms with van der Waals surface area (Å²) in [6, 6.07) is 10.2. The predicted octanol–water partition coefficient (Wildman–Crippen LogP) is 4.27. The van der Waals surface area contributed by atoms with Crippen molar-refractivity contribution in [2.75, 3.05) is 0 Å². The molecule has 0 N–H and O–H groups in total. The van der Waals surface area contributed by atoms with Crippen molar-refractivity contribution in [1.29, 1.82) is 0 Å². The number of aryl methyl sites for hydroxylation is 1. The molecule has 2 aromatic rings. The molecule has 5 heteroatoms. The maximum absolute atomic E-state index is 12.5. The van der Waals surface area contributed by atoms with Crippen LogP contribution in [0.1, 0.15) is 47.9 Å². The van der Waals surface area contributed by atoms with Crippen LogP contribution in [0.25, 0.3) is 0 Å². The topological polar surface area (TPSA) is 69.4 Å². The highest BCUT2D eigenvalue weighted by Crippen LogP contribution is 2.40. The number of carbonyl (C=O) groups is 1. The minimum Gasteiger partial charge on any atom is -0.425 e. The van der Waals surface area contributed by atoms with Crippen LogP contribution in [-0.2, 0) is 11.2 Å². The summed E-state index contributed by atoms with van der Waals surface area (Å²) in [5.74, 6) is 0.260. The van der Waals surface area contributed by atoms with Crippen molar-refractivity contribution in [1.82, 2.24) is 0 Å². The summed E-state index contributed by atoms with van der Waals surface area (Å²) in [5, 5.41) is 10.8. The van der Waals surface area contributed by atoms with Gasteiger partial charge in [-0.2, -0.15) is 0 Å². The molecule has 0 fully saturated rings. The van der Waals surface area contributed by atoms with E-state index in [1.165, 1.54) is 17.7 Å². The molecule has 124 valence electrons. The van der Waals surface area contributed by atoms with Gasteiger partial charge in [0.05, 0.1) is 10.8 Å². The molecule has 0 radical (unpaired) electrons. The molecule has 0 aromatic heterocycles. The lowest BCUT2D eigenvalue weighted by Crippen LogP contribution is -2.27. The standard InChI is InChI=1S/C19H19NO4/c1-11(2)15-9-4-12(3)18-17(15)10-16(19(21)24-18)13-5-7-14(8-6-13)20(22)23/h4-9,11,16H,10H2,1-3H3. The number of fused-ring (bicyclic) bond motifs is 1. The largest absolute Gasteiger partial charge is 0.425 e. The predicted molar refractivity (Wildman–Crippen MR) is 90.4 cm³/mol. The van der Waals surface area contributed by atoms with Crippen LogP contribution in [-0.4, -0.2) is 10.9 Å². The Morgan fingerprint density at radius 2 is 1.83 bits per heavy atom. The molecule has 24 heavy (non-hydrogen) atoms. The van der Waals surface area contributed by atoms with E-state index in [0.717, 1.165) is 16.7 Å². The number of ether oxygens (including phenoxy) is 1. The summed E-state index contributed by atoms with van der Waals surface area (Å²) in [6.45, 7) is 6.16. The van der Waals surface area contributed by atoms with Crippen molar-refractivity contribution in [2.45, 2.75) is 39.0 Å². The van der Waals surface area contributed by atoms with Gasteiger partial charge < -0.3 is 4.74 Å². The van der Waals surface area contributed by atoms with Gasteiger partial charge in [-0.15, -0.1) is 0 Å². The van der Waals surface area contributed by atoms with Crippen molar-refractivity contribution in [3.8, 4) is 5.75 Å². The smallest absolute Gasteiger partial charge is 0.319 e. The summed E-state index contributed by atoms with van der Waals surface area (Å²) in [4.78, 5) is 22.8. The lowest BCUT2D eigenvalue weighted by Gasteiger charge is -2.28. The molecule has 1 unspecified atom stereocenters. The van der Waals surface area contributed by atoms with E-state index in [1.807, 2.05) is 13.0 Å². The van der Waals surface area contributed by atoms with E-state index in [2.05, 4.69) is 19.9 Å². The van der Waals surface area contributed by atoms with Crippen molar-refractivity contribution < 1.29 is 14.5 Å². The Morgan fingerprint density at radius 3 is 2.42 bits per heavy atom. The van der Waals surface area contributed by atoms with Crippen molar-refractivity contribution in [3.63, 3.8) is 0 Å². The molecule has 2 aromatic carbocycles. The van der Waals surface area contributed by atoms with Crippen molar-refractivity contribution in [2.24, 2.45) is 0 Å². The van der Waals surface area contributed by atoms with Gasteiger partial charge >= 0.3 is 5.97 Å². The first-order valence-corrected chi connectivity index (χ1v) is 7.97. The maximum atomic E-state index is 12.5. The third-order valence-corrected chi connectivity index (χ3v) is 4.52. The van der Waals surface area contributed by atoms with Gasteiger partial charge in [-0.05, 0) is 41.5 Å². The van der Waals surface area contributed by atoms with E-state index in [1.54, 1.807) is 12.1 Å². The normalized spacial score (nSPS) is 16.7. The Hall–Kier alpha value is -2.69. The fourth-order valence-electron chi connectivity index (χ4n) is 3.20. The quantitative estimate of drug-likeness (QED) is 0.366. The molecule has 1 aliphatic heterocycles. The third-order valence-electron chi connectivity index (χ3n) is 4.52. The third kappa shape index (κ3) is 2.77. The highest BCUT2D eigenvalue weighted by molar-refractivity contribution is 5.84. The minimum absolute atomic E-state index is 0.0158. The first-order valence-electron chi connectivity index (χ1n) is 7.97. The second-order valence-electron chi connectivity index (χ2n) is 6.46. The molecule has 5 nitrogen and oxygen atoms in total. The lowest BCUT2D eigenvalue weighted by molar-refractivity contribution is -0.384. The van der Waals surface area contributed by atoms with Gasteiger partial charge in [0.15, 0.2) is 0 Å². The molecule has 0 bridgehead atoms. The number of hydrogen-bond donors (Lipinski definition) is 0. The monoisotopic (exact) mass is 325 g/mol. The molecule has 0 amide bonds. The number of nitrogens with zero attached hydrogens (tertiary/aromatic N) is 1. The number of carbonyl (C=O) groups excluding carboxylic acids is 1.